The van der Waals surface area contributed by atoms with Gasteiger partial charge < -0.3 is 19.0 Å². The molecular weight excluding hydrogens is 272 g/mol. The molecule has 2 aromatic rings. The van der Waals surface area contributed by atoms with Crippen molar-refractivity contribution in [2.75, 3.05) is 13.2 Å². The molecule has 0 saturated carbocycles. The van der Waals surface area contributed by atoms with Crippen LogP contribution in [0.15, 0.2) is 47.1 Å². The SMILES string of the molecule is CC(=O)c1ccc(OCC(O)COCc2ccco2)cc1. The second-order valence-electron chi connectivity index (χ2n) is 4.64. The molecular formula is C16H18O5. The van der Waals surface area contributed by atoms with Gasteiger partial charge in [-0.05, 0) is 43.3 Å². The average Bonchev–Trinajstić information content (AvgIpc) is 2.99. The number of aliphatic hydroxyl groups is 1. The molecule has 5 heteroatoms. The van der Waals surface area contributed by atoms with E-state index < -0.39 is 6.10 Å². The Bertz CT molecular complexity index is 545. The average molecular weight is 290 g/mol. The predicted octanol–water partition coefficient (Wildman–Crippen LogP) is 2.44. The topological polar surface area (TPSA) is 68.9 Å². The van der Waals surface area contributed by atoms with Gasteiger partial charge in [-0.3, -0.25) is 4.79 Å². The Balaban J connectivity index is 1.68. The number of hydrogen-bond acceptors (Lipinski definition) is 5. The lowest BCUT2D eigenvalue weighted by Gasteiger charge is -2.12. The van der Waals surface area contributed by atoms with Gasteiger partial charge in [-0.1, -0.05) is 0 Å². The fourth-order valence-corrected chi connectivity index (χ4v) is 1.72. The van der Waals surface area contributed by atoms with E-state index in [9.17, 15) is 9.90 Å². The molecule has 0 amide bonds. The van der Waals surface area contributed by atoms with Crippen LogP contribution in [-0.2, 0) is 11.3 Å². The molecule has 112 valence electrons. The van der Waals surface area contributed by atoms with Crippen LogP contribution >= 0.6 is 0 Å². The van der Waals surface area contributed by atoms with Gasteiger partial charge in [0.25, 0.3) is 0 Å². The molecule has 0 saturated heterocycles. The van der Waals surface area contributed by atoms with Gasteiger partial charge in [-0.25, -0.2) is 0 Å². The molecule has 0 bridgehead atoms. The van der Waals surface area contributed by atoms with Crippen molar-refractivity contribution >= 4 is 5.78 Å². The van der Waals surface area contributed by atoms with Gasteiger partial charge in [0.1, 0.15) is 30.8 Å². The lowest BCUT2D eigenvalue weighted by Crippen LogP contribution is -2.23. The van der Waals surface area contributed by atoms with Crippen LogP contribution in [0.5, 0.6) is 5.75 Å². The number of ketones is 1. The quantitative estimate of drug-likeness (QED) is 0.756. The number of ether oxygens (including phenoxy) is 2. The molecule has 1 aromatic heterocycles. The Morgan fingerprint density at radius 3 is 2.62 bits per heavy atom. The van der Waals surface area contributed by atoms with Crippen molar-refractivity contribution in [2.45, 2.75) is 19.6 Å². The number of carbonyl (C=O) groups excluding carboxylic acids is 1. The molecule has 0 radical (unpaired) electrons. The normalized spacial score (nSPS) is 12.1. The number of aliphatic hydroxyl groups excluding tert-OH is 1. The number of furan rings is 1. The van der Waals surface area contributed by atoms with Crippen molar-refractivity contribution in [3.8, 4) is 5.75 Å². The Kier molecular flexibility index (Phi) is 5.54. The molecule has 5 nitrogen and oxygen atoms in total. The molecule has 0 aliphatic carbocycles. The summed E-state index contributed by atoms with van der Waals surface area (Å²) in [6.07, 6.45) is 0.843. The highest BCUT2D eigenvalue weighted by Gasteiger charge is 2.07. The maximum absolute atomic E-state index is 11.1. The second kappa shape index (κ2) is 7.61. The summed E-state index contributed by atoms with van der Waals surface area (Å²) in [5.74, 6) is 1.32. The summed E-state index contributed by atoms with van der Waals surface area (Å²) >= 11 is 0. The highest BCUT2D eigenvalue weighted by Crippen LogP contribution is 2.13. The zero-order chi connectivity index (χ0) is 15.1. The third-order valence-electron chi connectivity index (χ3n) is 2.84. The standard InChI is InChI=1S/C16H18O5/c1-12(17)13-4-6-15(7-5-13)21-10-14(18)9-19-11-16-3-2-8-20-16/h2-8,14,18H,9-11H2,1H3. The number of rotatable bonds is 8. The van der Waals surface area contributed by atoms with Crippen LogP contribution in [0.3, 0.4) is 0 Å². The third kappa shape index (κ3) is 5.06. The molecule has 1 N–H and O–H groups in total. The Labute approximate surface area is 123 Å². The first-order valence-corrected chi connectivity index (χ1v) is 6.67. The Morgan fingerprint density at radius 2 is 2.00 bits per heavy atom. The van der Waals surface area contributed by atoms with Gasteiger partial charge in [-0.2, -0.15) is 0 Å². The highest BCUT2D eigenvalue weighted by atomic mass is 16.5. The summed E-state index contributed by atoms with van der Waals surface area (Å²) in [5.41, 5.74) is 0.629. The number of carbonyl (C=O) groups is 1. The monoisotopic (exact) mass is 290 g/mol. The van der Waals surface area contributed by atoms with E-state index in [1.165, 1.54) is 6.92 Å². The Morgan fingerprint density at radius 1 is 1.24 bits per heavy atom. The van der Waals surface area contributed by atoms with Crippen LogP contribution in [0.1, 0.15) is 23.0 Å². The highest BCUT2D eigenvalue weighted by molar-refractivity contribution is 5.94. The van der Waals surface area contributed by atoms with Gasteiger partial charge in [0.05, 0.1) is 12.9 Å². The van der Waals surface area contributed by atoms with E-state index in [0.717, 1.165) is 0 Å². The van der Waals surface area contributed by atoms with E-state index in [4.69, 9.17) is 13.9 Å². The van der Waals surface area contributed by atoms with Gasteiger partial charge in [0.15, 0.2) is 5.78 Å². The van der Waals surface area contributed by atoms with Gasteiger partial charge in [0.2, 0.25) is 0 Å². The smallest absolute Gasteiger partial charge is 0.159 e. The summed E-state index contributed by atoms with van der Waals surface area (Å²) in [6.45, 7) is 2.11. The number of Topliss-reactive ketones (excluding diaryl/α,β-unsaturated/α-hetero) is 1. The minimum absolute atomic E-state index is 0.00732. The molecule has 21 heavy (non-hydrogen) atoms. The van der Waals surface area contributed by atoms with Gasteiger partial charge >= 0.3 is 0 Å². The van der Waals surface area contributed by atoms with E-state index in [0.29, 0.717) is 23.7 Å². The molecule has 0 spiro atoms. The summed E-state index contributed by atoms with van der Waals surface area (Å²) in [6, 6.07) is 10.4. The van der Waals surface area contributed by atoms with Crippen molar-refractivity contribution in [3.05, 3.63) is 54.0 Å². The molecule has 0 aliphatic rings. The minimum atomic E-state index is -0.729. The van der Waals surface area contributed by atoms with E-state index >= 15 is 0 Å². The van der Waals surface area contributed by atoms with Crippen LogP contribution in [0, 0.1) is 0 Å². The maximum atomic E-state index is 11.1. The first kappa shape index (κ1) is 15.3. The van der Waals surface area contributed by atoms with Crippen LogP contribution in [0.4, 0.5) is 0 Å². The molecule has 2 rings (SSSR count). The fourth-order valence-electron chi connectivity index (χ4n) is 1.72. The number of hydrogen-bond donors (Lipinski definition) is 1. The first-order chi connectivity index (χ1) is 10.1. The zero-order valence-electron chi connectivity index (χ0n) is 11.8. The molecule has 0 fully saturated rings. The third-order valence-corrected chi connectivity index (χ3v) is 2.84. The van der Waals surface area contributed by atoms with Crippen molar-refractivity contribution < 1.29 is 23.8 Å². The molecule has 1 heterocycles. The van der Waals surface area contributed by atoms with E-state index in [1.807, 2.05) is 0 Å². The predicted molar refractivity (Wildman–Crippen MR) is 76.3 cm³/mol. The second-order valence-corrected chi connectivity index (χ2v) is 4.64. The largest absolute Gasteiger partial charge is 0.491 e. The van der Waals surface area contributed by atoms with Crippen molar-refractivity contribution in [3.63, 3.8) is 0 Å². The van der Waals surface area contributed by atoms with Crippen molar-refractivity contribution in [2.24, 2.45) is 0 Å². The lowest BCUT2D eigenvalue weighted by atomic mass is 10.1. The summed E-state index contributed by atoms with van der Waals surface area (Å²) in [7, 11) is 0. The summed E-state index contributed by atoms with van der Waals surface area (Å²) in [4.78, 5) is 11.1. The summed E-state index contributed by atoms with van der Waals surface area (Å²) in [5, 5.41) is 9.75. The lowest BCUT2D eigenvalue weighted by molar-refractivity contribution is 0.000876. The minimum Gasteiger partial charge on any atom is -0.491 e. The molecule has 1 aromatic carbocycles. The van der Waals surface area contributed by atoms with E-state index in [1.54, 1.807) is 42.7 Å². The van der Waals surface area contributed by atoms with E-state index in [-0.39, 0.29) is 19.0 Å². The molecule has 1 atom stereocenters. The van der Waals surface area contributed by atoms with Crippen LogP contribution in [-0.4, -0.2) is 30.2 Å². The van der Waals surface area contributed by atoms with Crippen molar-refractivity contribution in [1.82, 2.24) is 0 Å². The van der Waals surface area contributed by atoms with Gasteiger partial charge in [-0.15, -0.1) is 0 Å². The van der Waals surface area contributed by atoms with Gasteiger partial charge in [0, 0.05) is 5.56 Å². The number of benzene rings is 1. The van der Waals surface area contributed by atoms with Crippen LogP contribution in [0.2, 0.25) is 0 Å². The fraction of sp³-hybridized carbons (Fsp3) is 0.312. The molecule has 1 unspecified atom stereocenters. The Hall–Kier alpha value is -2.11. The van der Waals surface area contributed by atoms with Crippen molar-refractivity contribution in [1.29, 1.82) is 0 Å². The summed E-state index contributed by atoms with van der Waals surface area (Å²) < 4.78 is 15.8. The maximum Gasteiger partial charge on any atom is 0.159 e. The van der Waals surface area contributed by atoms with E-state index in [2.05, 4.69) is 0 Å². The zero-order valence-corrected chi connectivity index (χ0v) is 11.8. The van der Waals surface area contributed by atoms with Crippen LogP contribution in [0.25, 0.3) is 0 Å². The molecule has 0 aliphatic heterocycles. The first-order valence-electron chi connectivity index (χ1n) is 6.67. The van der Waals surface area contributed by atoms with Crippen LogP contribution < -0.4 is 4.74 Å².